The minimum absolute atomic E-state index is 0.0381. The molecular formula is C22H18N4O3S. The molecule has 150 valence electrons. The van der Waals surface area contributed by atoms with E-state index in [0.717, 1.165) is 16.5 Å². The minimum Gasteiger partial charge on any atom is -0.465 e. The van der Waals surface area contributed by atoms with Crippen LogP contribution < -0.4 is 5.56 Å². The van der Waals surface area contributed by atoms with Crippen molar-refractivity contribution in [2.75, 3.05) is 7.11 Å². The summed E-state index contributed by atoms with van der Waals surface area (Å²) in [5, 5.41) is 9.62. The predicted octanol–water partition coefficient (Wildman–Crippen LogP) is 3.84. The molecule has 2 aliphatic heterocycles. The molecule has 0 amide bonds. The van der Waals surface area contributed by atoms with Crippen molar-refractivity contribution in [2.24, 2.45) is 0 Å². The fourth-order valence-electron chi connectivity index (χ4n) is 3.88. The van der Waals surface area contributed by atoms with Crippen molar-refractivity contribution in [1.29, 1.82) is 0 Å². The summed E-state index contributed by atoms with van der Waals surface area (Å²) in [5.41, 5.74) is 2.85. The van der Waals surface area contributed by atoms with Crippen LogP contribution in [0.3, 0.4) is 0 Å². The third kappa shape index (κ3) is 3.02. The number of pyridine rings is 1. The molecule has 0 saturated heterocycles. The largest absolute Gasteiger partial charge is 0.465 e. The number of benzene rings is 1. The first kappa shape index (κ1) is 18.4. The summed E-state index contributed by atoms with van der Waals surface area (Å²) in [6.07, 6.45) is 5.47. The van der Waals surface area contributed by atoms with Gasteiger partial charge >= 0.3 is 5.97 Å². The van der Waals surface area contributed by atoms with E-state index in [0.29, 0.717) is 17.8 Å². The molecule has 4 heterocycles. The molecule has 2 N–H and O–H groups in total. The maximum atomic E-state index is 12.3. The van der Waals surface area contributed by atoms with Crippen LogP contribution in [0.15, 0.2) is 65.2 Å². The Labute approximate surface area is 175 Å². The number of H-pyrrole nitrogens is 2. The topological polar surface area (TPSA) is 92.8 Å². The minimum atomic E-state index is -0.527. The Hall–Kier alpha value is -3.65. The number of hydrogen-bond donors (Lipinski definition) is 2. The van der Waals surface area contributed by atoms with E-state index in [9.17, 15) is 9.59 Å². The number of aromatic amines is 2. The number of hydrogen-bond acceptors (Lipinski definition) is 5. The number of nitrogens with one attached hydrogen (secondary N) is 2. The standard InChI is InChI=1S/C22H18N4O3S/c1-29-22(28)17-12-26(11-16-20(17)24-25-21(16)27)10-15(19-7-4-8-30-19)14-9-23-18-6-3-2-5-13(14)18/h2-9,11-12,15,23H,10H2,1H3,(H,25,27)/t15-/m1/s1. The summed E-state index contributed by atoms with van der Waals surface area (Å²) in [6.45, 7) is 0.549. The molecule has 0 bridgehead atoms. The second kappa shape index (κ2) is 7.31. The van der Waals surface area contributed by atoms with Gasteiger partial charge in [-0.15, -0.1) is 11.3 Å². The fraction of sp³-hybridized carbons (Fsp3) is 0.136. The number of rotatable bonds is 5. The third-order valence-corrected chi connectivity index (χ3v) is 6.28. The van der Waals surface area contributed by atoms with E-state index in [1.165, 1.54) is 12.0 Å². The number of aromatic nitrogens is 4. The first-order valence-electron chi connectivity index (χ1n) is 9.41. The number of ether oxygens (including phenoxy) is 1. The van der Waals surface area contributed by atoms with Crippen LogP contribution in [0.25, 0.3) is 22.2 Å². The van der Waals surface area contributed by atoms with Crippen molar-refractivity contribution in [3.05, 3.63) is 86.7 Å². The van der Waals surface area contributed by atoms with Crippen LogP contribution in [-0.2, 0) is 11.3 Å². The van der Waals surface area contributed by atoms with Crippen LogP contribution in [0, 0.1) is 0 Å². The summed E-state index contributed by atoms with van der Waals surface area (Å²) in [7, 11) is 1.32. The second-order valence-corrected chi connectivity index (χ2v) is 8.01. The molecular weight excluding hydrogens is 400 g/mol. The lowest BCUT2D eigenvalue weighted by Gasteiger charge is -2.19. The zero-order valence-corrected chi connectivity index (χ0v) is 16.9. The van der Waals surface area contributed by atoms with E-state index in [1.54, 1.807) is 23.7 Å². The molecule has 2 aliphatic rings. The quantitative estimate of drug-likeness (QED) is 0.424. The number of nitrogens with zero attached hydrogens (tertiary/aromatic N) is 2. The number of thiophene rings is 1. The van der Waals surface area contributed by atoms with Crippen LogP contribution in [0.5, 0.6) is 0 Å². The molecule has 3 aromatic rings. The number of methoxy groups -OCH3 is 1. The number of carbonyl (C=O) groups is 1. The summed E-state index contributed by atoms with van der Waals surface area (Å²) in [6, 6.07) is 12.3. The third-order valence-electron chi connectivity index (χ3n) is 5.30. The van der Waals surface area contributed by atoms with Crippen molar-refractivity contribution in [2.45, 2.75) is 12.5 Å². The molecule has 0 spiro atoms. The Morgan fingerprint density at radius 2 is 2.10 bits per heavy atom. The van der Waals surface area contributed by atoms with Gasteiger partial charge in [-0.2, -0.15) is 5.10 Å². The number of para-hydroxylation sites is 1. The number of carbonyl (C=O) groups excluding carboxylic acids is 1. The molecule has 0 radical (unpaired) electrons. The van der Waals surface area contributed by atoms with Crippen molar-refractivity contribution in [1.82, 2.24) is 19.7 Å². The van der Waals surface area contributed by atoms with Crippen LogP contribution in [0.1, 0.15) is 26.7 Å². The van der Waals surface area contributed by atoms with Crippen LogP contribution in [-0.4, -0.2) is 32.8 Å². The average molecular weight is 418 g/mol. The lowest BCUT2D eigenvalue weighted by Crippen LogP contribution is -2.15. The molecule has 0 aliphatic carbocycles. The monoisotopic (exact) mass is 418 g/mol. The van der Waals surface area contributed by atoms with Gasteiger partial charge in [0.2, 0.25) is 0 Å². The second-order valence-electron chi connectivity index (χ2n) is 7.03. The van der Waals surface area contributed by atoms with E-state index >= 15 is 0 Å². The van der Waals surface area contributed by atoms with E-state index < -0.39 is 5.97 Å². The highest BCUT2D eigenvalue weighted by Gasteiger charge is 2.24. The van der Waals surface area contributed by atoms with Gasteiger partial charge < -0.3 is 14.3 Å². The molecule has 1 aromatic carbocycles. The lowest BCUT2D eigenvalue weighted by atomic mass is 9.96. The summed E-state index contributed by atoms with van der Waals surface area (Å²) < 4.78 is 6.78. The summed E-state index contributed by atoms with van der Waals surface area (Å²) in [5.74, 6) is -0.489. The van der Waals surface area contributed by atoms with Gasteiger partial charge in [0.15, 0.2) is 0 Å². The van der Waals surface area contributed by atoms with Gasteiger partial charge in [-0.3, -0.25) is 4.79 Å². The molecule has 0 fully saturated rings. The molecule has 7 nitrogen and oxygen atoms in total. The molecule has 0 saturated carbocycles. The predicted molar refractivity (Wildman–Crippen MR) is 115 cm³/mol. The van der Waals surface area contributed by atoms with E-state index in [2.05, 4.69) is 32.7 Å². The highest BCUT2D eigenvalue weighted by molar-refractivity contribution is 7.10. The lowest BCUT2D eigenvalue weighted by molar-refractivity contribution is 0.0600. The Morgan fingerprint density at radius 1 is 1.23 bits per heavy atom. The van der Waals surface area contributed by atoms with Gasteiger partial charge in [0.05, 0.1) is 12.7 Å². The van der Waals surface area contributed by atoms with E-state index in [-0.39, 0.29) is 17.0 Å². The Kier molecular flexibility index (Phi) is 4.48. The van der Waals surface area contributed by atoms with Gasteiger partial charge in [0.25, 0.3) is 5.56 Å². The van der Waals surface area contributed by atoms with Crippen LogP contribution >= 0.6 is 11.3 Å². The maximum Gasteiger partial charge on any atom is 0.341 e. The SMILES string of the molecule is COC(=O)c1cn(C[C@@H](c2cccs2)c2c[nH]c3ccccc23)cc2c(=O)[nH]nc1-2. The molecule has 30 heavy (non-hydrogen) atoms. The van der Waals surface area contributed by atoms with Crippen LogP contribution in [0.4, 0.5) is 0 Å². The van der Waals surface area contributed by atoms with E-state index in [1.807, 2.05) is 35.0 Å². The highest BCUT2D eigenvalue weighted by atomic mass is 32.1. The Balaban J connectivity index is 1.65. The van der Waals surface area contributed by atoms with Crippen molar-refractivity contribution in [3.8, 4) is 11.3 Å². The number of fused-ring (bicyclic) bond motifs is 2. The molecule has 8 heteroatoms. The van der Waals surface area contributed by atoms with Crippen molar-refractivity contribution in [3.63, 3.8) is 0 Å². The molecule has 0 unspecified atom stereocenters. The summed E-state index contributed by atoms with van der Waals surface area (Å²) >= 11 is 1.68. The first-order valence-corrected chi connectivity index (χ1v) is 10.3. The highest BCUT2D eigenvalue weighted by Crippen LogP contribution is 2.35. The van der Waals surface area contributed by atoms with Gasteiger partial charge in [0.1, 0.15) is 11.3 Å². The van der Waals surface area contributed by atoms with E-state index in [4.69, 9.17) is 4.74 Å². The van der Waals surface area contributed by atoms with Crippen molar-refractivity contribution >= 4 is 28.2 Å². The first-order chi connectivity index (χ1) is 14.7. The van der Waals surface area contributed by atoms with Gasteiger partial charge in [-0.05, 0) is 23.1 Å². The zero-order chi connectivity index (χ0) is 20.7. The van der Waals surface area contributed by atoms with Gasteiger partial charge in [0, 0.05) is 46.8 Å². The smallest absolute Gasteiger partial charge is 0.341 e. The Morgan fingerprint density at radius 3 is 2.90 bits per heavy atom. The average Bonchev–Trinajstić information content (AvgIpc) is 3.52. The number of esters is 1. The molecule has 5 rings (SSSR count). The van der Waals surface area contributed by atoms with Gasteiger partial charge in [-0.25, -0.2) is 9.89 Å². The summed E-state index contributed by atoms with van der Waals surface area (Å²) in [4.78, 5) is 29.1. The zero-order valence-electron chi connectivity index (χ0n) is 16.1. The molecule has 2 aromatic heterocycles. The van der Waals surface area contributed by atoms with Crippen molar-refractivity contribution < 1.29 is 9.53 Å². The van der Waals surface area contributed by atoms with Gasteiger partial charge in [-0.1, -0.05) is 24.3 Å². The van der Waals surface area contributed by atoms with Crippen LogP contribution in [0.2, 0.25) is 0 Å². The maximum absolute atomic E-state index is 12.3. The normalized spacial score (nSPS) is 12.4. The Bertz CT molecular complexity index is 1360. The fourth-order valence-corrected chi connectivity index (χ4v) is 4.72. The molecule has 1 atom stereocenters.